The largest absolute Gasteiger partial charge is 0.493 e. The molecule has 0 spiro atoms. The zero-order valence-corrected chi connectivity index (χ0v) is 18.9. The fourth-order valence-electron chi connectivity index (χ4n) is 3.86. The number of unbranched alkanes of at least 4 members (excludes halogenated alkanes) is 1. The highest BCUT2D eigenvalue weighted by atomic mass is 32.2. The van der Waals surface area contributed by atoms with Gasteiger partial charge in [-0.3, -0.25) is 0 Å². The van der Waals surface area contributed by atoms with Crippen molar-refractivity contribution in [1.29, 1.82) is 0 Å². The molecule has 3 aromatic carbocycles. The minimum Gasteiger partial charge on any atom is -0.493 e. The number of hydrogen-bond acceptors (Lipinski definition) is 7. The standard InChI is InChI=1S/C25H24N4O2S/c1-3-4-15-30-20-14-13-16-9-5-6-10-17(16)21(20)23-26-19-12-8-7-11-18(19)22-24(31-23)27-25(32-2)29-28-22/h5-14,23,26H,3-4,15H2,1-2H3/t23-/m1/s1. The van der Waals surface area contributed by atoms with Crippen LogP contribution in [0.1, 0.15) is 31.6 Å². The summed E-state index contributed by atoms with van der Waals surface area (Å²) in [5.74, 6) is 1.27. The Morgan fingerprint density at radius 1 is 1.03 bits per heavy atom. The van der Waals surface area contributed by atoms with Gasteiger partial charge in [0.2, 0.25) is 17.3 Å². The highest BCUT2D eigenvalue weighted by molar-refractivity contribution is 7.98. The summed E-state index contributed by atoms with van der Waals surface area (Å²) in [6.07, 6.45) is 3.48. The van der Waals surface area contributed by atoms with Crippen LogP contribution >= 0.6 is 11.8 Å². The number of thioether (sulfide) groups is 1. The molecule has 1 N–H and O–H groups in total. The Morgan fingerprint density at radius 3 is 2.75 bits per heavy atom. The molecule has 0 bridgehead atoms. The molecular weight excluding hydrogens is 420 g/mol. The van der Waals surface area contributed by atoms with Crippen molar-refractivity contribution in [2.24, 2.45) is 0 Å². The molecule has 0 saturated carbocycles. The zero-order chi connectivity index (χ0) is 21.9. The molecule has 0 aliphatic carbocycles. The van der Waals surface area contributed by atoms with E-state index in [1.807, 2.05) is 48.7 Å². The predicted octanol–water partition coefficient (Wildman–Crippen LogP) is 6.10. The lowest BCUT2D eigenvalue weighted by molar-refractivity contribution is 0.217. The third-order valence-electron chi connectivity index (χ3n) is 5.46. The second-order valence-corrected chi connectivity index (χ2v) is 8.31. The summed E-state index contributed by atoms with van der Waals surface area (Å²) < 4.78 is 12.7. The van der Waals surface area contributed by atoms with Crippen molar-refractivity contribution in [2.75, 3.05) is 18.2 Å². The third kappa shape index (κ3) is 3.84. The average Bonchev–Trinajstić information content (AvgIpc) is 3.00. The first-order valence-corrected chi connectivity index (χ1v) is 12.0. The summed E-state index contributed by atoms with van der Waals surface area (Å²) in [6.45, 7) is 2.81. The van der Waals surface area contributed by atoms with Gasteiger partial charge in [0, 0.05) is 11.3 Å². The molecule has 2 heterocycles. The second kappa shape index (κ2) is 9.04. The number of benzene rings is 3. The van der Waals surface area contributed by atoms with Crippen LogP contribution in [0.15, 0.2) is 65.8 Å². The number of nitrogens with one attached hydrogen (secondary N) is 1. The lowest BCUT2D eigenvalue weighted by atomic mass is 10.0. The van der Waals surface area contributed by atoms with Crippen LogP contribution in [0.25, 0.3) is 22.0 Å². The molecule has 1 atom stereocenters. The summed E-state index contributed by atoms with van der Waals surface area (Å²) in [5, 5.41) is 15.0. The van der Waals surface area contributed by atoms with Gasteiger partial charge in [-0.1, -0.05) is 73.6 Å². The van der Waals surface area contributed by atoms with Crippen LogP contribution < -0.4 is 14.8 Å². The maximum absolute atomic E-state index is 6.50. The smallest absolute Gasteiger partial charge is 0.247 e. The van der Waals surface area contributed by atoms with Crippen LogP contribution in [-0.4, -0.2) is 28.0 Å². The summed E-state index contributed by atoms with van der Waals surface area (Å²) in [4.78, 5) is 4.64. The summed E-state index contributed by atoms with van der Waals surface area (Å²) in [5.41, 5.74) is 3.40. The van der Waals surface area contributed by atoms with Crippen LogP contribution in [0.4, 0.5) is 5.69 Å². The minimum absolute atomic E-state index is 0.458. The summed E-state index contributed by atoms with van der Waals surface area (Å²) >= 11 is 1.44. The number of ether oxygens (including phenoxy) is 2. The maximum atomic E-state index is 6.50. The third-order valence-corrected chi connectivity index (χ3v) is 6.00. The first-order valence-electron chi connectivity index (χ1n) is 10.7. The minimum atomic E-state index is -0.508. The van der Waals surface area contributed by atoms with E-state index in [0.717, 1.165) is 46.2 Å². The Morgan fingerprint density at radius 2 is 1.88 bits per heavy atom. The van der Waals surface area contributed by atoms with Crippen molar-refractivity contribution in [3.05, 3.63) is 66.2 Å². The van der Waals surface area contributed by atoms with Gasteiger partial charge in [0.15, 0.2) is 5.69 Å². The van der Waals surface area contributed by atoms with E-state index in [1.54, 1.807) is 0 Å². The molecular formula is C25H24N4O2S. The van der Waals surface area contributed by atoms with E-state index >= 15 is 0 Å². The molecule has 7 heteroatoms. The molecule has 0 unspecified atom stereocenters. The summed E-state index contributed by atoms with van der Waals surface area (Å²) in [7, 11) is 0. The molecule has 0 radical (unpaired) electrons. The van der Waals surface area contributed by atoms with Crippen LogP contribution in [0.3, 0.4) is 0 Å². The van der Waals surface area contributed by atoms with Gasteiger partial charge in [-0.15, -0.1) is 10.2 Å². The number of para-hydroxylation sites is 1. The Labute approximate surface area is 191 Å². The van der Waals surface area contributed by atoms with E-state index in [0.29, 0.717) is 23.3 Å². The lowest BCUT2D eigenvalue weighted by Gasteiger charge is -2.23. The number of aromatic nitrogens is 3. The Bertz CT molecular complexity index is 1260. The van der Waals surface area contributed by atoms with E-state index in [-0.39, 0.29) is 0 Å². The average molecular weight is 445 g/mol. The molecule has 6 nitrogen and oxygen atoms in total. The maximum Gasteiger partial charge on any atom is 0.247 e. The predicted molar refractivity (Wildman–Crippen MR) is 128 cm³/mol. The molecule has 32 heavy (non-hydrogen) atoms. The second-order valence-electron chi connectivity index (χ2n) is 7.54. The van der Waals surface area contributed by atoms with Crippen molar-refractivity contribution < 1.29 is 9.47 Å². The summed E-state index contributed by atoms with van der Waals surface area (Å²) in [6, 6.07) is 20.4. The van der Waals surface area contributed by atoms with Gasteiger partial charge >= 0.3 is 0 Å². The molecule has 4 aromatic rings. The number of nitrogens with zero attached hydrogens (tertiary/aromatic N) is 3. The molecule has 5 rings (SSSR count). The number of rotatable bonds is 6. The molecule has 1 aliphatic rings. The van der Waals surface area contributed by atoms with Crippen LogP contribution in [0.2, 0.25) is 0 Å². The Kier molecular flexibility index (Phi) is 5.81. The number of fused-ring (bicyclic) bond motifs is 4. The van der Waals surface area contributed by atoms with Gasteiger partial charge in [0.25, 0.3) is 0 Å². The monoisotopic (exact) mass is 444 g/mol. The number of hydrogen-bond donors (Lipinski definition) is 1. The molecule has 0 fully saturated rings. The fraction of sp³-hybridized carbons (Fsp3) is 0.240. The molecule has 162 valence electrons. The van der Waals surface area contributed by atoms with Crippen LogP contribution in [0, 0.1) is 0 Å². The quantitative estimate of drug-likeness (QED) is 0.285. The van der Waals surface area contributed by atoms with Gasteiger partial charge < -0.3 is 14.8 Å². The van der Waals surface area contributed by atoms with E-state index < -0.39 is 6.23 Å². The van der Waals surface area contributed by atoms with E-state index in [9.17, 15) is 0 Å². The van der Waals surface area contributed by atoms with Gasteiger partial charge in [-0.05, 0) is 35.6 Å². The van der Waals surface area contributed by atoms with Gasteiger partial charge in [-0.25, -0.2) is 0 Å². The SMILES string of the molecule is CCCCOc1ccc2ccccc2c1[C@@H]1Nc2ccccc2-c2nnc(SC)nc2O1. The highest BCUT2D eigenvalue weighted by Crippen LogP contribution is 2.43. The van der Waals surface area contributed by atoms with Crippen molar-refractivity contribution in [3.63, 3.8) is 0 Å². The molecule has 0 amide bonds. The van der Waals surface area contributed by atoms with Gasteiger partial charge in [-0.2, -0.15) is 4.98 Å². The topological polar surface area (TPSA) is 69.2 Å². The van der Waals surface area contributed by atoms with Crippen LogP contribution in [0.5, 0.6) is 11.6 Å². The zero-order valence-electron chi connectivity index (χ0n) is 18.0. The van der Waals surface area contributed by atoms with E-state index in [2.05, 4.69) is 45.6 Å². The Hall–Kier alpha value is -3.32. The lowest BCUT2D eigenvalue weighted by Crippen LogP contribution is -2.19. The highest BCUT2D eigenvalue weighted by Gasteiger charge is 2.29. The van der Waals surface area contributed by atoms with E-state index in [4.69, 9.17) is 9.47 Å². The van der Waals surface area contributed by atoms with Crippen molar-refractivity contribution in [3.8, 4) is 22.9 Å². The Balaban J connectivity index is 1.68. The van der Waals surface area contributed by atoms with Gasteiger partial charge in [0.05, 0.1) is 12.2 Å². The van der Waals surface area contributed by atoms with Crippen molar-refractivity contribution in [2.45, 2.75) is 31.1 Å². The molecule has 1 aliphatic heterocycles. The van der Waals surface area contributed by atoms with E-state index in [1.165, 1.54) is 11.8 Å². The van der Waals surface area contributed by atoms with Crippen molar-refractivity contribution >= 4 is 28.2 Å². The normalized spacial score (nSPS) is 14.6. The first kappa shape index (κ1) is 20.6. The fourth-order valence-corrected chi connectivity index (χ4v) is 4.16. The van der Waals surface area contributed by atoms with Crippen molar-refractivity contribution in [1.82, 2.24) is 15.2 Å². The molecule has 0 saturated heterocycles. The molecule has 1 aromatic heterocycles. The first-order chi connectivity index (χ1) is 15.8. The number of anilines is 1. The van der Waals surface area contributed by atoms with Gasteiger partial charge in [0.1, 0.15) is 5.75 Å². The van der Waals surface area contributed by atoms with Crippen LogP contribution in [-0.2, 0) is 0 Å².